The first kappa shape index (κ1) is 13.8. The number of nitrogens with zero attached hydrogens (tertiary/aromatic N) is 2. The number of nitrogen functional groups attached to an aromatic ring is 1. The van der Waals surface area contributed by atoms with E-state index < -0.39 is 0 Å². The molecule has 0 saturated heterocycles. The topological polar surface area (TPSA) is 70.1 Å². The smallest absolute Gasteiger partial charge is 0.246 e. The number of nitrogens with two attached hydrogens (primary N) is 1. The second-order valence-electron chi connectivity index (χ2n) is 4.25. The van der Waals surface area contributed by atoms with Gasteiger partial charge in [0.15, 0.2) is 0 Å². The van der Waals surface area contributed by atoms with Crippen molar-refractivity contribution in [3.63, 3.8) is 0 Å². The van der Waals surface area contributed by atoms with Gasteiger partial charge in [-0.3, -0.25) is 4.79 Å². The second-order valence-corrected chi connectivity index (χ2v) is 4.25. The number of likely N-dealkylation sites (N-methyl/N-ethyl adjacent to an activating group) is 1. The predicted octanol–water partition coefficient (Wildman–Crippen LogP) is 1.90. The molecule has 0 saturated carbocycles. The summed E-state index contributed by atoms with van der Waals surface area (Å²) >= 11 is 0. The van der Waals surface area contributed by atoms with Crippen LogP contribution in [0.25, 0.3) is 6.08 Å². The van der Waals surface area contributed by atoms with Crippen LogP contribution in [0.3, 0.4) is 0 Å². The summed E-state index contributed by atoms with van der Waals surface area (Å²) in [5.74, 6) is -0.280. The number of hydrogen-bond acceptors (Lipinski definition) is 3. The summed E-state index contributed by atoms with van der Waals surface area (Å²) in [4.78, 5) is 13.3. The quantitative estimate of drug-likeness (QED) is 0.648. The van der Waals surface area contributed by atoms with Crippen LogP contribution in [-0.2, 0) is 4.79 Å². The third-order valence-electron chi connectivity index (χ3n) is 2.50. The Hall–Kier alpha value is -2.28. The number of benzene rings is 1. The summed E-state index contributed by atoms with van der Waals surface area (Å²) in [7, 11) is 1.68. The van der Waals surface area contributed by atoms with Crippen LogP contribution in [0.5, 0.6) is 0 Å². The Labute approximate surface area is 107 Å². The summed E-state index contributed by atoms with van der Waals surface area (Å²) in [6, 6.07) is 9.35. The number of rotatable bonds is 4. The molecule has 0 heterocycles. The van der Waals surface area contributed by atoms with E-state index in [-0.39, 0.29) is 11.8 Å². The lowest BCUT2D eigenvalue weighted by Gasteiger charge is -2.15. The first-order valence-corrected chi connectivity index (χ1v) is 5.71. The molecule has 4 nitrogen and oxygen atoms in total. The lowest BCUT2D eigenvalue weighted by molar-refractivity contribution is -0.125. The molecule has 2 N–H and O–H groups in total. The number of carbonyl (C=O) groups excluding carboxylic acids is 1. The molecule has 4 heteroatoms. The van der Waals surface area contributed by atoms with Crippen molar-refractivity contribution < 1.29 is 4.79 Å². The van der Waals surface area contributed by atoms with Gasteiger partial charge in [0, 0.05) is 25.4 Å². The molecule has 0 aliphatic heterocycles. The van der Waals surface area contributed by atoms with Crippen molar-refractivity contribution in [2.75, 3.05) is 19.3 Å². The number of nitriles is 1. The van der Waals surface area contributed by atoms with E-state index in [1.54, 1.807) is 32.2 Å². The molecule has 1 rings (SSSR count). The summed E-state index contributed by atoms with van der Waals surface area (Å²) in [5, 5.41) is 8.68. The van der Waals surface area contributed by atoms with E-state index in [2.05, 4.69) is 6.07 Å². The Morgan fingerprint density at radius 2 is 2.11 bits per heavy atom. The fourth-order valence-electron chi connectivity index (χ4n) is 1.44. The summed E-state index contributed by atoms with van der Waals surface area (Å²) < 4.78 is 0. The predicted molar refractivity (Wildman–Crippen MR) is 72.3 cm³/mol. The first-order valence-electron chi connectivity index (χ1n) is 5.71. The van der Waals surface area contributed by atoms with E-state index in [1.165, 1.54) is 11.0 Å². The summed E-state index contributed by atoms with van der Waals surface area (Å²) in [5.41, 5.74) is 7.18. The number of carbonyl (C=O) groups is 1. The zero-order chi connectivity index (χ0) is 13.5. The molecule has 0 aliphatic carbocycles. The molecular formula is C14H17N3O. The van der Waals surface area contributed by atoms with Gasteiger partial charge in [-0.25, -0.2) is 0 Å². The van der Waals surface area contributed by atoms with Gasteiger partial charge in [0.2, 0.25) is 5.91 Å². The van der Waals surface area contributed by atoms with Crippen molar-refractivity contribution >= 4 is 17.7 Å². The zero-order valence-corrected chi connectivity index (χ0v) is 10.6. The minimum Gasteiger partial charge on any atom is -0.399 e. The highest BCUT2D eigenvalue weighted by Gasteiger charge is 2.08. The standard InChI is InChI=1S/C14H17N3O/c1-11(9-15)10-17(2)14(18)8-5-12-3-6-13(16)7-4-12/h3-8,11H,10,16H2,1-2H3/b8-5+. The fourth-order valence-corrected chi connectivity index (χ4v) is 1.44. The third kappa shape index (κ3) is 4.30. The SMILES string of the molecule is CC(C#N)CN(C)C(=O)/C=C/c1ccc(N)cc1. The molecular weight excluding hydrogens is 226 g/mol. The Kier molecular flexibility index (Phi) is 4.94. The van der Waals surface area contributed by atoms with Crippen LogP contribution < -0.4 is 5.73 Å². The third-order valence-corrected chi connectivity index (χ3v) is 2.50. The average Bonchev–Trinajstić information content (AvgIpc) is 2.37. The summed E-state index contributed by atoms with van der Waals surface area (Å²) in [6.07, 6.45) is 3.23. The summed E-state index contributed by atoms with van der Waals surface area (Å²) in [6.45, 7) is 2.22. The molecule has 0 spiro atoms. The van der Waals surface area contributed by atoms with Crippen LogP contribution in [0.4, 0.5) is 5.69 Å². The molecule has 0 bridgehead atoms. The largest absolute Gasteiger partial charge is 0.399 e. The highest BCUT2D eigenvalue weighted by atomic mass is 16.2. The minimum atomic E-state index is -0.163. The van der Waals surface area contributed by atoms with Gasteiger partial charge in [-0.1, -0.05) is 12.1 Å². The molecule has 0 aliphatic rings. The molecule has 0 fully saturated rings. The van der Waals surface area contributed by atoms with Crippen molar-refractivity contribution in [1.82, 2.24) is 4.90 Å². The Morgan fingerprint density at radius 3 is 2.67 bits per heavy atom. The first-order chi connectivity index (χ1) is 8.52. The molecule has 1 amide bonds. The highest BCUT2D eigenvalue weighted by Crippen LogP contribution is 2.07. The van der Waals surface area contributed by atoms with Crippen molar-refractivity contribution in [1.29, 1.82) is 5.26 Å². The van der Waals surface area contributed by atoms with Gasteiger partial charge in [-0.2, -0.15) is 5.26 Å². The maximum Gasteiger partial charge on any atom is 0.246 e. The molecule has 1 atom stereocenters. The Bertz CT molecular complexity index is 471. The Morgan fingerprint density at radius 1 is 1.50 bits per heavy atom. The van der Waals surface area contributed by atoms with E-state index in [1.807, 2.05) is 12.1 Å². The molecule has 1 aromatic rings. The van der Waals surface area contributed by atoms with Gasteiger partial charge in [-0.15, -0.1) is 0 Å². The van der Waals surface area contributed by atoms with Crippen LogP contribution in [0.15, 0.2) is 30.3 Å². The second kappa shape index (κ2) is 6.45. The number of amides is 1. The van der Waals surface area contributed by atoms with Gasteiger partial charge >= 0.3 is 0 Å². The van der Waals surface area contributed by atoms with E-state index in [0.717, 1.165) is 5.56 Å². The van der Waals surface area contributed by atoms with Crippen molar-refractivity contribution in [3.8, 4) is 6.07 Å². The fraction of sp³-hybridized carbons (Fsp3) is 0.286. The van der Waals surface area contributed by atoms with Gasteiger partial charge in [0.05, 0.1) is 12.0 Å². The number of hydrogen-bond donors (Lipinski definition) is 1. The van der Waals surface area contributed by atoms with E-state index in [0.29, 0.717) is 12.2 Å². The van der Waals surface area contributed by atoms with Crippen LogP contribution in [0, 0.1) is 17.2 Å². The van der Waals surface area contributed by atoms with Gasteiger partial charge < -0.3 is 10.6 Å². The van der Waals surface area contributed by atoms with Crippen molar-refractivity contribution in [2.24, 2.45) is 5.92 Å². The van der Waals surface area contributed by atoms with E-state index in [9.17, 15) is 4.79 Å². The van der Waals surface area contributed by atoms with E-state index in [4.69, 9.17) is 11.0 Å². The zero-order valence-electron chi connectivity index (χ0n) is 10.6. The van der Waals surface area contributed by atoms with Gasteiger partial charge in [0.25, 0.3) is 0 Å². The Balaban J connectivity index is 2.59. The lowest BCUT2D eigenvalue weighted by atomic mass is 10.2. The maximum absolute atomic E-state index is 11.7. The lowest BCUT2D eigenvalue weighted by Crippen LogP contribution is -2.29. The van der Waals surface area contributed by atoms with Crippen LogP contribution in [0.1, 0.15) is 12.5 Å². The molecule has 1 aromatic carbocycles. The van der Waals surface area contributed by atoms with E-state index >= 15 is 0 Å². The van der Waals surface area contributed by atoms with Crippen LogP contribution in [-0.4, -0.2) is 24.4 Å². The van der Waals surface area contributed by atoms with Crippen LogP contribution >= 0.6 is 0 Å². The molecule has 18 heavy (non-hydrogen) atoms. The number of anilines is 1. The molecule has 0 radical (unpaired) electrons. The highest BCUT2D eigenvalue weighted by molar-refractivity contribution is 5.91. The molecule has 94 valence electrons. The van der Waals surface area contributed by atoms with Crippen molar-refractivity contribution in [3.05, 3.63) is 35.9 Å². The average molecular weight is 243 g/mol. The maximum atomic E-state index is 11.7. The monoisotopic (exact) mass is 243 g/mol. The normalized spacial score (nSPS) is 12.1. The van der Waals surface area contributed by atoms with Gasteiger partial charge in [-0.05, 0) is 30.7 Å². The minimum absolute atomic E-state index is 0.117. The van der Waals surface area contributed by atoms with Gasteiger partial charge in [0.1, 0.15) is 0 Å². The van der Waals surface area contributed by atoms with Crippen molar-refractivity contribution in [2.45, 2.75) is 6.92 Å². The van der Waals surface area contributed by atoms with Crippen LogP contribution in [0.2, 0.25) is 0 Å². The molecule has 0 aromatic heterocycles. The molecule has 1 unspecified atom stereocenters.